The lowest BCUT2D eigenvalue weighted by atomic mass is 9.99. The largest absolute Gasteiger partial charge is 0.462 e. The quantitative estimate of drug-likeness (QED) is 0.489. The Morgan fingerprint density at radius 3 is 2.20 bits per heavy atom. The van der Waals surface area contributed by atoms with E-state index in [1.807, 2.05) is 0 Å². The van der Waals surface area contributed by atoms with Gasteiger partial charge in [-0.2, -0.15) is 8.78 Å². The molecule has 1 saturated heterocycles. The van der Waals surface area contributed by atoms with Gasteiger partial charge in [0.05, 0.1) is 6.61 Å². The molecule has 9 heteroatoms. The lowest BCUT2D eigenvalue weighted by Crippen LogP contribution is -2.60. The number of benzene rings is 2. The number of ketones is 1. The number of hydrogen-bond acceptors (Lipinski definition) is 7. The average molecular weight is 424 g/mol. The second-order valence-electron chi connectivity index (χ2n) is 7.04. The van der Waals surface area contributed by atoms with Crippen molar-refractivity contribution in [3.05, 3.63) is 65.7 Å². The predicted molar refractivity (Wildman–Crippen MR) is 100 cm³/mol. The molecule has 7 nitrogen and oxygen atoms in total. The zero-order chi connectivity index (χ0) is 21.9. The highest BCUT2D eigenvalue weighted by atomic mass is 19.3. The van der Waals surface area contributed by atoms with Gasteiger partial charge in [0, 0.05) is 12.0 Å². The first-order valence-electron chi connectivity index (χ1n) is 9.26. The van der Waals surface area contributed by atoms with Crippen molar-refractivity contribution in [1.29, 1.82) is 0 Å². The van der Waals surface area contributed by atoms with Gasteiger partial charge in [-0.15, -0.1) is 0 Å². The lowest BCUT2D eigenvalue weighted by molar-refractivity contribution is -0.277. The van der Waals surface area contributed by atoms with Crippen LogP contribution in [0.1, 0.15) is 15.9 Å². The molecule has 0 radical (unpaired) electrons. The summed E-state index contributed by atoms with van der Waals surface area (Å²) in [7, 11) is 0. The van der Waals surface area contributed by atoms with Crippen molar-refractivity contribution in [2.24, 2.45) is 0 Å². The molecule has 5 atom stereocenters. The molecule has 0 aliphatic carbocycles. The number of aliphatic hydroxyl groups excluding tert-OH is 4. The fourth-order valence-electron chi connectivity index (χ4n) is 3.12. The lowest BCUT2D eigenvalue weighted by Gasteiger charge is -2.39. The van der Waals surface area contributed by atoms with E-state index in [0.717, 1.165) is 0 Å². The maximum absolute atomic E-state index is 14.4. The molecule has 3 rings (SSSR count). The van der Waals surface area contributed by atoms with Crippen LogP contribution >= 0.6 is 0 Å². The van der Waals surface area contributed by atoms with E-state index >= 15 is 0 Å². The first-order chi connectivity index (χ1) is 14.2. The molecular formula is C21H22F2O7. The van der Waals surface area contributed by atoms with E-state index < -0.39 is 55.4 Å². The van der Waals surface area contributed by atoms with Crippen molar-refractivity contribution in [1.82, 2.24) is 0 Å². The summed E-state index contributed by atoms with van der Waals surface area (Å²) < 4.78 is 39.4. The molecule has 0 aromatic heterocycles. The molecule has 30 heavy (non-hydrogen) atoms. The summed E-state index contributed by atoms with van der Waals surface area (Å²) >= 11 is 0. The molecule has 1 aliphatic heterocycles. The zero-order valence-electron chi connectivity index (χ0n) is 15.8. The van der Waals surface area contributed by atoms with E-state index in [-0.39, 0.29) is 16.9 Å². The van der Waals surface area contributed by atoms with Crippen LogP contribution in [0.25, 0.3) is 0 Å². The summed E-state index contributed by atoms with van der Waals surface area (Å²) in [5.41, 5.74) is 0.107. The molecular weight excluding hydrogens is 402 g/mol. The van der Waals surface area contributed by atoms with Crippen molar-refractivity contribution in [2.45, 2.75) is 43.0 Å². The first kappa shape index (κ1) is 22.3. The van der Waals surface area contributed by atoms with E-state index in [1.54, 1.807) is 6.07 Å². The Hall–Kier alpha value is -2.43. The van der Waals surface area contributed by atoms with Crippen molar-refractivity contribution in [3.8, 4) is 5.75 Å². The number of hydrogen-bond donors (Lipinski definition) is 4. The molecule has 0 spiro atoms. The summed E-state index contributed by atoms with van der Waals surface area (Å²) in [5.74, 6) is -4.73. The summed E-state index contributed by atoms with van der Waals surface area (Å²) in [4.78, 5) is 12.1. The molecule has 1 fully saturated rings. The van der Waals surface area contributed by atoms with Crippen LogP contribution in [0, 0.1) is 0 Å². The van der Waals surface area contributed by atoms with Crippen LogP contribution < -0.4 is 4.74 Å². The third kappa shape index (κ3) is 4.82. The highest BCUT2D eigenvalue weighted by molar-refractivity contribution is 6.01. The number of ether oxygens (including phenoxy) is 2. The number of halogens is 2. The number of alkyl halides is 2. The van der Waals surface area contributed by atoms with Gasteiger partial charge in [0.2, 0.25) is 12.1 Å². The summed E-state index contributed by atoms with van der Waals surface area (Å²) in [6, 6.07) is 12.7. The van der Waals surface area contributed by atoms with Crippen LogP contribution in [0.15, 0.2) is 54.6 Å². The minimum atomic E-state index is -3.60. The van der Waals surface area contributed by atoms with Crippen LogP contribution in [0.2, 0.25) is 0 Å². The first-order valence-corrected chi connectivity index (χ1v) is 9.26. The number of carbonyl (C=O) groups is 1. The van der Waals surface area contributed by atoms with Gasteiger partial charge in [0.1, 0.15) is 30.2 Å². The van der Waals surface area contributed by atoms with Crippen molar-refractivity contribution in [2.75, 3.05) is 6.61 Å². The number of rotatable bonds is 7. The zero-order valence-corrected chi connectivity index (χ0v) is 15.8. The molecule has 1 heterocycles. The Bertz CT molecular complexity index is 842. The molecule has 0 amide bonds. The third-order valence-electron chi connectivity index (χ3n) is 4.82. The average Bonchev–Trinajstić information content (AvgIpc) is 2.75. The Morgan fingerprint density at radius 1 is 0.967 bits per heavy atom. The van der Waals surface area contributed by atoms with Gasteiger partial charge < -0.3 is 29.9 Å². The van der Waals surface area contributed by atoms with Gasteiger partial charge in [-0.05, 0) is 17.7 Å². The minimum absolute atomic E-state index is 0.0786. The van der Waals surface area contributed by atoms with E-state index in [0.29, 0.717) is 0 Å². The van der Waals surface area contributed by atoms with Crippen LogP contribution in [-0.2, 0) is 11.2 Å². The van der Waals surface area contributed by atoms with Gasteiger partial charge in [-0.1, -0.05) is 42.5 Å². The van der Waals surface area contributed by atoms with Crippen molar-refractivity contribution in [3.63, 3.8) is 0 Å². The normalized spacial score (nSPS) is 26.9. The maximum Gasteiger partial charge on any atom is 0.313 e. The summed E-state index contributed by atoms with van der Waals surface area (Å²) in [6.45, 7) is -0.603. The standard InChI is InChI=1S/C21H22F2O7/c22-21(23,19(28)13-4-2-1-3-5-13)10-12-6-8-14(9-7-12)29-20-18(27)17(26)16(25)15(11-24)30-20/h1-9,15-18,20,24-27H,10-11H2/t15-,16-,17+,18-,20-/m1/s1. The van der Waals surface area contributed by atoms with Crippen LogP contribution in [0.4, 0.5) is 8.78 Å². The topological polar surface area (TPSA) is 116 Å². The fourth-order valence-corrected chi connectivity index (χ4v) is 3.12. The third-order valence-corrected chi connectivity index (χ3v) is 4.82. The van der Waals surface area contributed by atoms with Crippen LogP contribution in [0.5, 0.6) is 5.75 Å². The van der Waals surface area contributed by atoms with Crippen LogP contribution in [-0.4, -0.2) is 69.4 Å². The minimum Gasteiger partial charge on any atom is -0.462 e. The van der Waals surface area contributed by atoms with Gasteiger partial charge in [0.15, 0.2) is 0 Å². The van der Waals surface area contributed by atoms with Crippen LogP contribution in [0.3, 0.4) is 0 Å². The van der Waals surface area contributed by atoms with Crippen molar-refractivity contribution >= 4 is 5.78 Å². The molecule has 2 aromatic carbocycles. The van der Waals surface area contributed by atoms with Gasteiger partial charge in [0.25, 0.3) is 0 Å². The van der Waals surface area contributed by atoms with Crippen molar-refractivity contribution < 1.29 is 43.5 Å². The van der Waals surface area contributed by atoms with E-state index in [2.05, 4.69) is 0 Å². The molecule has 4 N–H and O–H groups in total. The number of Topliss-reactive ketones (excluding diaryl/α,β-unsaturated/α-hetero) is 1. The molecule has 162 valence electrons. The highest BCUT2D eigenvalue weighted by Crippen LogP contribution is 2.28. The van der Waals surface area contributed by atoms with E-state index in [1.165, 1.54) is 48.5 Å². The van der Waals surface area contributed by atoms with Gasteiger partial charge in [-0.25, -0.2) is 0 Å². The van der Waals surface area contributed by atoms with E-state index in [4.69, 9.17) is 9.47 Å². The number of aliphatic hydroxyl groups is 4. The smallest absolute Gasteiger partial charge is 0.313 e. The number of carbonyl (C=O) groups excluding carboxylic acids is 1. The maximum atomic E-state index is 14.4. The second-order valence-corrected chi connectivity index (χ2v) is 7.04. The molecule has 2 aromatic rings. The fraction of sp³-hybridized carbons (Fsp3) is 0.381. The SMILES string of the molecule is O=C(c1ccccc1)C(F)(F)Cc1ccc(O[C@@H]2O[C@H](CO)[C@@H](O)[C@H](O)[C@H]2O)cc1. The summed E-state index contributed by atoms with van der Waals surface area (Å²) in [6.07, 6.45) is -8.02. The molecule has 0 saturated carbocycles. The van der Waals surface area contributed by atoms with Gasteiger partial charge in [-0.3, -0.25) is 4.79 Å². The van der Waals surface area contributed by atoms with Gasteiger partial charge >= 0.3 is 5.92 Å². The Morgan fingerprint density at radius 2 is 1.60 bits per heavy atom. The highest BCUT2D eigenvalue weighted by Gasteiger charge is 2.44. The molecule has 1 aliphatic rings. The molecule has 0 unspecified atom stereocenters. The second kappa shape index (κ2) is 9.15. The monoisotopic (exact) mass is 424 g/mol. The van der Waals surface area contributed by atoms with E-state index in [9.17, 15) is 34.0 Å². The Balaban J connectivity index is 1.65. The Labute approximate surface area is 171 Å². The Kier molecular flexibility index (Phi) is 6.79. The summed E-state index contributed by atoms with van der Waals surface area (Å²) in [5, 5.41) is 38.7. The predicted octanol–water partition coefficient (Wildman–Crippen LogP) is 0.926. The molecule has 0 bridgehead atoms.